The fourth-order valence-corrected chi connectivity index (χ4v) is 3.34. The highest BCUT2D eigenvalue weighted by atomic mass is 35.5. The third-order valence-corrected chi connectivity index (χ3v) is 5.13. The van der Waals surface area contributed by atoms with Crippen LogP contribution in [0.3, 0.4) is 0 Å². The van der Waals surface area contributed by atoms with Crippen LogP contribution >= 0.6 is 23.2 Å². The molecule has 0 saturated heterocycles. The SMILES string of the molecule is CCOc1cc(/C=N/NC(=O)c2ccc(C)cc2)cc(Cl)c1OCC(=O)Nc1ccccc1Cl. The molecule has 3 aromatic carbocycles. The van der Waals surface area contributed by atoms with Crippen molar-refractivity contribution >= 4 is 46.9 Å². The van der Waals surface area contributed by atoms with Gasteiger partial charge in [0.15, 0.2) is 18.1 Å². The molecule has 0 bridgehead atoms. The number of para-hydroxylation sites is 1. The van der Waals surface area contributed by atoms with Gasteiger partial charge in [0.25, 0.3) is 11.8 Å². The van der Waals surface area contributed by atoms with Crippen LogP contribution in [0.2, 0.25) is 10.0 Å². The van der Waals surface area contributed by atoms with E-state index in [0.29, 0.717) is 34.2 Å². The molecule has 176 valence electrons. The molecule has 9 heteroatoms. The van der Waals surface area contributed by atoms with Gasteiger partial charge in [-0.2, -0.15) is 5.10 Å². The summed E-state index contributed by atoms with van der Waals surface area (Å²) in [5.74, 6) is -0.182. The van der Waals surface area contributed by atoms with Gasteiger partial charge in [0.1, 0.15) is 0 Å². The minimum atomic E-state index is -0.406. The lowest BCUT2D eigenvalue weighted by Crippen LogP contribution is -2.20. The second-order valence-corrected chi connectivity index (χ2v) is 7.96. The summed E-state index contributed by atoms with van der Waals surface area (Å²) in [5.41, 5.74) is 5.08. The molecule has 0 aliphatic heterocycles. The lowest BCUT2D eigenvalue weighted by atomic mass is 10.1. The van der Waals surface area contributed by atoms with Gasteiger partial charge in [-0.1, -0.05) is 53.0 Å². The Morgan fingerprint density at radius 3 is 2.44 bits per heavy atom. The van der Waals surface area contributed by atoms with Gasteiger partial charge in [0.2, 0.25) is 0 Å². The molecular weight excluding hydrogens is 477 g/mol. The first kappa shape index (κ1) is 25.1. The van der Waals surface area contributed by atoms with Crippen LogP contribution in [0.15, 0.2) is 65.8 Å². The third-order valence-electron chi connectivity index (χ3n) is 4.52. The zero-order valence-electron chi connectivity index (χ0n) is 18.6. The molecule has 0 atom stereocenters. The molecule has 34 heavy (non-hydrogen) atoms. The summed E-state index contributed by atoms with van der Waals surface area (Å²) in [5, 5.41) is 7.31. The summed E-state index contributed by atoms with van der Waals surface area (Å²) in [6.07, 6.45) is 1.44. The minimum Gasteiger partial charge on any atom is -0.490 e. The Hall–Kier alpha value is -3.55. The van der Waals surface area contributed by atoms with Crippen molar-refractivity contribution in [2.45, 2.75) is 13.8 Å². The molecule has 0 aromatic heterocycles. The van der Waals surface area contributed by atoms with Crippen LogP contribution in [-0.4, -0.2) is 31.2 Å². The number of anilines is 1. The number of carbonyl (C=O) groups excluding carboxylic acids is 2. The molecule has 0 aliphatic carbocycles. The van der Waals surface area contributed by atoms with E-state index in [0.717, 1.165) is 5.56 Å². The van der Waals surface area contributed by atoms with Crippen LogP contribution in [0.4, 0.5) is 5.69 Å². The number of aryl methyl sites for hydroxylation is 1. The van der Waals surface area contributed by atoms with Crippen molar-refractivity contribution < 1.29 is 19.1 Å². The van der Waals surface area contributed by atoms with Gasteiger partial charge >= 0.3 is 0 Å². The maximum Gasteiger partial charge on any atom is 0.271 e. The molecule has 0 radical (unpaired) electrons. The zero-order valence-corrected chi connectivity index (χ0v) is 20.1. The molecule has 7 nitrogen and oxygen atoms in total. The number of hydrogen-bond donors (Lipinski definition) is 2. The average Bonchev–Trinajstić information content (AvgIpc) is 2.80. The largest absolute Gasteiger partial charge is 0.490 e. The van der Waals surface area contributed by atoms with Crippen LogP contribution in [0.5, 0.6) is 11.5 Å². The average molecular weight is 500 g/mol. The Labute approximate surface area is 207 Å². The predicted molar refractivity (Wildman–Crippen MR) is 134 cm³/mol. The molecule has 0 heterocycles. The van der Waals surface area contributed by atoms with E-state index in [-0.39, 0.29) is 23.3 Å². The third kappa shape index (κ3) is 6.97. The fraction of sp³-hybridized carbons (Fsp3) is 0.160. The number of nitrogens with one attached hydrogen (secondary N) is 2. The summed E-state index contributed by atoms with van der Waals surface area (Å²) >= 11 is 12.4. The Kier molecular flexibility index (Phi) is 8.90. The van der Waals surface area contributed by atoms with Crippen LogP contribution in [0.25, 0.3) is 0 Å². The molecule has 2 N–H and O–H groups in total. The van der Waals surface area contributed by atoms with E-state index < -0.39 is 5.91 Å². The summed E-state index contributed by atoms with van der Waals surface area (Å²) in [6.45, 7) is 3.80. The second kappa shape index (κ2) is 12.1. The monoisotopic (exact) mass is 499 g/mol. The Balaban J connectivity index is 1.66. The van der Waals surface area contributed by atoms with Crippen molar-refractivity contribution in [2.75, 3.05) is 18.5 Å². The smallest absolute Gasteiger partial charge is 0.271 e. The van der Waals surface area contributed by atoms with Crippen LogP contribution in [0.1, 0.15) is 28.4 Å². The molecular formula is C25H23Cl2N3O4. The normalized spacial score (nSPS) is 10.7. The van der Waals surface area contributed by atoms with E-state index >= 15 is 0 Å². The summed E-state index contributed by atoms with van der Waals surface area (Å²) < 4.78 is 11.3. The van der Waals surface area contributed by atoms with Crippen molar-refractivity contribution in [1.29, 1.82) is 0 Å². The van der Waals surface area contributed by atoms with Crippen molar-refractivity contribution in [1.82, 2.24) is 5.43 Å². The summed E-state index contributed by atoms with van der Waals surface area (Å²) in [4.78, 5) is 24.5. The van der Waals surface area contributed by atoms with Gasteiger partial charge in [-0.15, -0.1) is 0 Å². The molecule has 0 spiro atoms. The molecule has 3 rings (SSSR count). The highest BCUT2D eigenvalue weighted by Gasteiger charge is 2.15. The number of ether oxygens (including phenoxy) is 2. The molecule has 0 unspecified atom stereocenters. The standard InChI is InChI=1S/C25H23Cl2N3O4/c1-3-33-22-13-17(14-28-30-25(32)18-10-8-16(2)9-11-18)12-20(27)24(22)34-15-23(31)29-21-7-5-4-6-19(21)26/h4-14H,3,15H2,1-2H3,(H,29,31)(H,30,32)/b28-14+. The maximum atomic E-state index is 12.3. The number of amides is 2. The van der Waals surface area contributed by atoms with Crippen molar-refractivity contribution in [2.24, 2.45) is 5.10 Å². The van der Waals surface area contributed by atoms with E-state index in [9.17, 15) is 9.59 Å². The molecule has 0 aliphatic rings. The van der Waals surface area contributed by atoms with E-state index in [1.165, 1.54) is 6.21 Å². The van der Waals surface area contributed by atoms with E-state index in [4.69, 9.17) is 32.7 Å². The first-order valence-electron chi connectivity index (χ1n) is 10.4. The number of hydrazone groups is 1. The maximum absolute atomic E-state index is 12.3. The highest BCUT2D eigenvalue weighted by molar-refractivity contribution is 6.33. The summed E-state index contributed by atoms with van der Waals surface area (Å²) in [6, 6.07) is 17.3. The Bertz CT molecular complexity index is 1200. The quantitative estimate of drug-likeness (QED) is 0.301. The number of hydrogen-bond acceptors (Lipinski definition) is 5. The first-order chi connectivity index (χ1) is 16.4. The van der Waals surface area contributed by atoms with Gasteiger partial charge in [-0.3, -0.25) is 9.59 Å². The summed E-state index contributed by atoms with van der Waals surface area (Å²) in [7, 11) is 0. The number of rotatable bonds is 9. The Morgan fingerprint density at radius 1 is 1.00 bits per heavy atom. The molecule has 0 fully saturated rings. The molecule has 0 saturated carbocycles. The number of nitrogens with zero attached hydrogens (tertiary/aromatic N) is 1. The van der Waals surface area contributed by atoms with E-state index in [2.05, 4.69) is 15.8 Å². The second-order valence-electron chi connectivity index (χ2n) is 7.14. The lowest BCUT2D eigenvalue weighted by molar-refractivity contribution is -0.118. The van der Waals surface area contributed by atoms with Crippen molar-refractivity contribution in [3.63, 3.8) is 0 Å². The topological polar surface area (TPSA) is 89.0 Å². The highest BCUT2D eigenvalue weighted by Crippen LogP contribution is 2.36. The van der Waals surface area contributed by atoms with Gasteiger partial charge in [-0.25, -0.2) is 5.43 Å². The van der Waals surface area contributed by atoms with Crippen LogP contribution < -0.4 is 20.2 Å². The zero-order chi connectivity index (χ0) is 24.5. The first-order valence-corrected chi connectivity index (χ1v) is 11.2. The van der Waals surface area contributed by atoms with Crippen molar-refractivity contribution in [3.05, 3.63) is 87.4 Å². The fourth-order valence-electron chi connectivity index (χ4n) is 2.89. The number of benzene rings is 3. The molecule has 3 aromatic rings. The lowest BCUT2D eigenvalue weighted by Gasteiger charge is -2.14. The van der Waals surface area contributed by atoms with Gasteiger partial charge in [0, 0.05) is 5.56 Å². The van der Waals surface area contributed by atoms with Crippen molar-refractivity contribution in [3.8, 4) is 11.5 Å². The van der Waals surface area contributed by atoms with Gasteiger partial charge in [0.05, 0.1) is 28.6 Å². The van der Waals surface area contributed by atoms with E-state index in [1.54, 1.807) is 48.5 Å². The predicted octanol–water partition coefficient (Wildman–Crippen LogP) is 5.48. The van der Waals surface area contributed by atoms with E-state index in [1.807, 2.05) is 26.0 Å². The van der Waals surface area contributed by atoms with Gasteiger partial charge < -0.3 is 14.8 Å². The number of carbonyl (C=O) groups is 2. The Morgan fingerprint density at radius 2 is 1.74 bits per heavy atom. The number of halogens is 2. The van der Waals surface area contributed by atoms with Crippen LogP contribution in [0, 0.1) is 6.92 Å². The van der Waals surface area contributed by atoms with Crippen LogP contribution in [-0.2, 0) is 4.79 Å². The minimum absolute atomic E-state index is 0.221. The molecule has 2 amide bonds. The van der Waals surface area contributed by atoms with Gasteiger partial charge in [-0.05, 0) is 55.8 Å².